The summed E-state index contributed by atoms with van der Waals surface area (Å²) in [6.07, 6.45) is 12.6. The molecule has 0 radical (unpaired) electrons. The molecule has 4 rings (SSSR count). The van der Waals surface area contributed by atoms with Crippen LogP contribution in [0, 0.1) is 36.4 Å². The Morgan fingerprint density at radius 3 is 2.77 bits per heavy atom. The average molecular weight is 408 g/mol. The Morgan fingerprint density at radius 1 is 1.27 bits per heavy atom. The van der Waals surface area contributed by atoms with Crippen molar-refractivity contribution in [2.75, 3.05) is 11.9 Å². The lowest BCUT2D eigenvalue weighted by Gasteiger charge is -2.30. The molecule has 2 aliphatic rings. The molecule has 0 bridgehead atoms. The van der Waals surface area contributed by atoms with E-state index >= 15 is 0 Å². The third kappa shape index (κ3) is 3.60. The first kappa shape index (κ1) is 20.2. The summed E-state index contributed by atoms with van der Waals surface area (Å²) in [7, 11) is 0. The number of hydrogen-bond donors (Lipinski definition) is 1. The number of amides is 1. The van der Waals surface area contributed by atoms with Crippen LogP contribution < -0.4 is 10.1 Å². The molecule has 0 aromatic carbocycles. The van der Waals surface area contributed by atoms with Crippen LogP contribution in [0.1, 0.15) is 31.3 Å². The van der Waals surface area contributed by atoms with Gasteiger partial charge < -0.3 is 10.1 Å². The van der Waals surface area contributed by atoms with Crippen molar-refractivity contribution in [2.24, 2.45) is 16.7 Å². The van der Waals surface area contributed by atoms with Crippen molar-refractivity contribution in [1.29, 1.82) is 0 Å². The Kier molecular flexibility index (Phi) is 5.13. The summed E-state index contributed by atoms with van der Waals surface area (Å²) >= 11 is 0. The Balaban J connectivity index is 1.56. The fourth-order valence-corrected chi connectivity index (χ4v) is 4.37. The minimum Gasteiger partial charge on any atom is -0.489 e. The summed E-state index contributed by atoms with van der Waals surface area (Å²) < 4.78 is 19.3. The Hall–Kier alpha value is -3.09. The number of rotatable bonds is 6. The minimum atomic E-state index is -0.636. The molecule has 7 heteroatoms. The summed E-state index contributed by atoms with van der Waals surface area (Å²) in [5.41, 5.74) is -0.225. The third-order valence-corrected chi connectivity index (χ3v) is 6.34. The smallest absolute Gasteiger partial charge is 0.232 e. The van der Waals surface area contributed by atoms with Crippen molar-refractivity contribution in [3.05, 3.63) is 66.2 Å². The van der Waals surface area contributed by atoms with Crippen LogP contribution in [0.25, 0.3) is 0 Å². The average Bonchev–Trinajstić information content (AvgIpc) is 3.37. The van der Waals surface area contributed by atoms with Crippen molar-refractivity contribution < 1.29 is 13.9 Å². The molecule has 0 aliphatic heterocycles. The van der Waals surface area contributed by atoms with Crippen molar-refractivity contribution >= 4 is 11.7 Å². The van der Waals surface area contributed by atoms with Gasteiger partial charge in [0.05, 0.1) is 30.1 Å². The van der Waals surface area contributed by atoms with Crippen molar-refractivity contribution in [3.63, 3.8) is 0 Å². The summed E-state index contributed by atoms with van der Waals surface area (Å²) in [6, 6.07) is 2.75. The maximum absolute atomic E-state index is 13.2. The predicted molar refractivity (Wildman–Crippen MR) is 111 cm³/mol. The molecule has 2 heterocycles. The van der Waals surface area contributed by atoms with Gasteiger partial charge >= 0.3 is 0 Å². The number of pyridine rings is 1. The second-order valence-corrected chi connectivity index (χ2v) is 8.29. The first-order valence-corrected chi connectivity index (χ1v) is 10.0. The van der Waals surface area contributed by atoms with Gasteiger partial charge in [-0.3, -0.25) is 4.79 Å². The number of halogens is 1. The Morgan fingerprint density at radius 2 is 2.10 bits per heavy atom. The van der Waals surface area contributed by atoms with Crippen LogP contribution in [0.4, 0.5) is 10.2 Å². The molecule has 2 aliphatic carbocycles. The summed E-state index contributed by atoms with van der Waals surface area (Å²) in [4.78, 5) is 25.7. The van der Waals surface area contributed by atoms with E-state index in [1.807, 2.05) is 32.9 Å². The van der Waals surface area contributed by atoms with E-state index in [1.165, 1.54) is 12.1 Å². The second-order valence-electron chi connectivity index (χ2n) is 8.29. The highest BCUT2D eigenvalue weighted by atomic mass is 19.1. The zero-order chi connectivity index (χ0) is 21.4. The number of ether oxygens (including phenoxy) is 1. The quantitative estimate of drug-likeness (QED) is 0.776. The van der Waals surface area contributed by atoms with E-state index in [2.05, 4.69) is 32.4 Å². The number of nitrogens with zero attached hydrogens (tertiary/aromatic N) is 3. The highest BCUT2D eigenvalue weighted by Crippen LogP contribution is 2.69. The molecule has 3 atom stereocenters. The van der Waals surface area contributed by atoms with Gasteiger partial charge in [0, 0.05) is 5.41 Å². The molecular formula is C23H25FN4O2. The molecule has 1 N–H and O–H groups in total. The number of carbonyl (C=O) groups excluding carboxylic acids is 1. The number of allylic oxidation sites excluding steroid dienone is 4. The Bertz CT molecular complexity index is 1020. The molecule has 0 saturated heterocycles. The summed E-state index contributed by atoms with van der Waals surface area (Å²) in [5.74, 6) is 1.26. The van der Waals surface area contributed by atoms with E-state index < -0.39 is 11.2 Å². The van der Waals surface area contributed by atoms with Crippen LogP contribution >= 0.6 is 0 Å². The molecular weight excluding hydrogens is 383 g/mol. The largest absolute Gasteiger partial charge is 0.489 e. The van der Waals surface area contributed by atoms with Crippen molar-refractivity contribution in [3.8, 4) is 5.75 Å². The van der Waals surface area contributed by atoms with E-state index in [9.17, 15) is 9.18 Å². The van der Waals surface area contributed by atoms with Crippen LogP contribution in [-0.2, 0) is 4.79 Å². The zero-order valence-electron chi connectivity index (χ0n) is 17.4. The number of nitrogens with one attached hydrogen (secondary N) is 1. The topological polar surface area (TPSA) is 77.0 Å². The molecule has 30 heavy (non-hydrogen) atoms. The van der Waals surface area contributed by atoms with Gasteiger partial charge in [-0.1, -0.05) is 31.2 Å². The highest BCUT2D eigenvalue weighted by Gasteiger charge is 2.71. The van der Waals surface area contributed by atoms with E-state index in [1.54, 1.807) is 6.20 Å². The molecule has 2 aromatic rings. The standard InChI is InChI=1S/C23H25FN4O2/c1-15-19(12-25-16(2)27-15)30-14-23(17-7-5-4-6-8-17)13-22(23,3)21(29)28-20-10-9-18(24)11-26-20/h4-7,9-12,17H,8,13-14H2,1-3H3,(H,26,28,29)/t17?,22-,23+/m0/s1. The zero-order valence-corrected chi connectivity index (χ0v) is 17.4. The van der Waals surface area contributed by atoms with Gasteiger partial charge in [-0.25, -0.2) is 19.3 Å². The van der Waals surface area contributed by atoms with Gasteiger partial charge in [0.1, 0.15) is 17.5 Å². The van der Waals surface area contributed by atoms with Gasteiger partial charge in [0.2, 0.25) is 5.91 Å². The van der Waals surface area contributed by atoms with Crippen LogP contribution in [0.5, 0.6) is 5.75 Å². The lowest BCUT2D eigenvalue weighted by atomic mass is 9.78. The van der Waals surface area contributed by atoms with E-state index in [-0.39, 0.29) is 17.2 Å². The third-order valence-electron chi connectivity index (χ3n) is 6.34. The van der Waals surface area contributed by atoms with E-state index in [0.29, 0.717) is 30.4 Å². The number of aromatic nitrogens is 3. The molecule has 1 fully saturated rings. The molecule has 2 aromatic heterocycles. The first-order chi connectivity index (χ1) is 14.3. The normalized spacial score (nSPS) is 27.0. The maximum atomic E-state index is 13.2. The van der Waals surface area contributed by atoms with Gasteiger partial charge in [0.15, 0.2) is 5.75 Å². The van der Waals surface area contributed by atoms with Crippen LogP contribution in [0.2, 0.25) is 0 Å². The lowest BCUT2D eigenvalue weighted by Crippen LogP contribution is -2.35. The summed E-state index contributed by atoms with van der Waals surface area (Å²) in [5, 5.41) is 2.84. The van der Waals surface area contributed by atoms with Crippen LogP contribution in [0.15, 0.2) is 48.8 Å². The van der Waals surface area contributed by atoms with E-state index in [4.69, 9.17) is 4.74 Å². The fourth-order valence-electron chi connectivity index (χ4n) is 4.37. The maximum Gasteiger partial charge on any atom is 0.232 e. The number of aryl methyl sites for hydroxylation is 2. The molecule has 1 unspecified atom stereocenters. The van der Waals surface area contributed by atoms with Crippen molar-refractivity contribution in [1.82, 2.24) is 15.0 Å². The van der Waals surface area contributed by atoms with E-state index in [0.717, 1.165) is 18.3 Å². The van der Waals surface area contributed by atoms with Crippen molar-refractivity contribution in [2.45, 2.75) is 33.6 Å². The molecule has 6 nitrogen and oxygen atoms in total. The minimum absolute atomic E-state index is 0.134. The van der Waals surface area contributed by atoms with Gasteiger partial charge in [-0.15, -0.1) is 0 Å². The molecule has 0 spiro atoms. The Labute approximate surface area is 175 Å². The van der Waals surface area contributed by atoms with Crippen LogP contribution in [0.3, 0.4) is 0 Å². The predicted octanol–water partition coefficient (Wildman–Crippen LogP) is 4.17. The second kappa shape index (κ2) is 7.63. The number of anilines is 1. The fraction of sp³-hybridized carbons (Fsp3) is 0.391. The van der Waals surface area contributed by atoms with Gasteiger partial charge in [-0.05, 0) is 44.7 Å². The van der Waals surface area contributed by atoms with Gasteiger partial charge in [-0.2, -0.15) is 0 Å². The highest BCUT2D eigenvalue weighted by molar-refractivity contribution is 5.97. The first-order valence-electron chi connectivity index (χ1n) is 10.0. The molecule has 156 valence electrons. The number of hydrogen-bond acceptors (Lipinski definition) is 5. The van der Waals surface area contributed by atoms with Crippen LogP contribution in [-0.4, -0.2) is 27.5 Å². The molecule has 1 saturated carbocycles. The number of carbonyl (C=O) groups is 1. The SMILES string of the molecule is Cc1ncc(OC[C@@]2(C3C=CC=CC3)C[C@@]2(C)C(=O)Nc2ccc(F)cn2)c(C)n1. The monoisotopic (exact) mass is 408 g/mol. The van der Waals surface area contributed by atoms with Gasteiger partial charge in [0.25, 0.3) is 0 Å². The summed E-state index contributed by atoms with van der Waals surface area (Å²) in [6.45, 7) is 6.06. The lowest BCUT2D eigenvalue weighted by molar-refractivity contribution is -0.122. The molecule has 1 amide bonds.